The molecular weight excluding hydrogens is 360 g/mol. The Morgan fingerprint density at radius 3 is 2.39 bits per heavy atom. The summed E-state index contributed by atoms with van der Waals surface area (Å²) in [6.45, 7) is 0. The molecule has 0 saturated heterocycles. The lowest BCUT2D eigenvalue weighted by atomic mass is 10.1. The van der Waals surface area contributed by atoms with Gasteiger partial charge in [0.15, 0.2) is 0 Å². The third-order valence-corrected chi connectivity index (χ3v) is 4.43. The highest BCUT2D eigenvalue weighted by molar-refractivity contribution is 5.92. The average Bonchev–Trinajstić information content (AvgIpc) is 2.72. The van der Waals surface area contributed by atoms with Crippen molar-refractivity contribution in [1.82, 2.24) is 4.98 Å². The van der Waals surface area contributed by atoms with Crippen LogP contribution in [0.15, 0.2) is 47.3 Å². The molecule has 28 heavy (non-hydrogen) atoms. The Morgan fingerprint density at radius 2 is 1.68 bits per heavy atom. The van der Waals surface area contributed by atoms with Crippen LogP contribution in [0, 0.1) is 0 Å². The molecule has 1 amide bonds. The van der Waals surface area contributed by atoms with E-state index in [1.165, 1.54) is 7.11 Å². The number of ether oxygens (including phenoxy) is 3. The van der Waals surface area contributed by atoms with Crippen molar-refractivity contribution < 1.29 is 19.0 Å². The van der Waals surface area contributed by atoms with Gasteiger partial charge in [0.1, 0.15) is 17.2 Å². The summed E-state index contributed by atoms with van der Waals surface area (Å²) in [6, 6.07) is 12.4. The zero-order valence-electron chi connectivity index (χ0n) is 16.0. The van der Waals surface area contributed by atoms with Gasteiger partial charge < -0.3 is 24.5 Å². The first kappa shape index (κ1) is 19.3. The molecule has 2 aromatic carbocycles. The molecule has 0 unspecified atom stereocenters. The van der Waals surface area contributed by atoms with Crippen LogP contribution < -0.4 is 25.1 Å². The van der Waals surface area contributed by atoms with Crippen LogP contribution in [0.3, 0.4) is 0 Å². The van der Waals surface area contributed by atoms with Crippen LogP contribution >= 0.6 is 0 Å². The number of hydrogen-bond donors (Lipinski definition) is 2. The van der Waals surface area contributed by atoms with Crippen LogP contribution in [0.25, 0.3) is 10.9 Å². The number of aryl methyl sites for hydroxylation is 1. The average molecular weight is 382 g/mol. The Bertz CT molecular complexity index is 1060. The number of aromatic nitrogens is 1. The number of hydrogen-bond acceptors (Lipinski definition) is 5. The Balaban J connectivity index is 1.71. The van der Waals surface area contributed by atoms with E-state index in [1.54, 1.807) is 44.6 Å². The predicted molar refractivity (Wildman–Crippen MR) is 108 cm³/mol. The summed E-state index contributed by atoms with van der Waals surface area (Å²) in [7, 11) is 4.66. The zero-order valence-corrected chi connectivity index (χ0v) is 16.0. The number of H-pyrrole nitrogens is 1. The van der Waals surface area contributed by atoms with Crippen LogP contribution in [-0.2, 0) is 11.2 Å². The van der Waals surface area contributed by atoms with E-state index in [0.29, 0.717) is 40.4 Å². The minimum Gasteiger partial charge on any atom is -0.497 e. The fourth-order valence-corrected chi connectivity index (χ4v) is 2.90. The first-order chi connectivity index (χ1) is 13.5. The summed E-state index contributed by atoms with van der Waals surface area (Å²) in [5.41, 5.74) is 1.58. The number of carbonyl (C=O) groups is 1. The maximum atomic E-state index is 12.3. The van der Waals surface area contributed by atoms with Crippen molar-refractivity contribution in [3.63, 3.8) is 0 Å². The number of fused-ring (bicyclic) bond motifs is 1. The Hall–Kier alpha value is -3.48. The third-order valence-electron chi connectivity index (χ3n) is 4.43. The fourth-order valence-electron chi connectivity index (χ4n) is 2.90. The quantitative estimate of drug-likeness (QED) is 0.655. The molecule has 0 aliphatic carbocycles. The second-order valence-electron chi connectivity index (χ2n) is 6.19. The number of methoxy groups -OCH3 is 3. The molecule has 7 heteroatoms. The van der Waals surface area contributed by atoms with Gasteiger partial charge in [-0.2, -0.15) is 0 Å². The third kappa shape index (κ3) is 4.25. The molecule has 0 aliphatic heterocycles. The summed E-state index contributed by atoms with van der Waals surface area (Å²) in [5.74, 6) is 1.60. The van der Waals surface area contributed by atoms with Crippen molar-refractivity contribution in [1.29, 1.82) is 0 Å². The first-order valence-corrected chi connectivity index (χ1v) is 8.76. The molecule has 7 nitrogen and oxygen atoms in total. The van der Waals surface area contributed by atoms with Crippen LogP contribution in [0.2, 0.25) is 0 Å². The fraction of sp³-hybridized carbons (Fsp3) is 0.238. The summed E-state index contributed by atoms with van der Waals surface area (Å²) >= 11 is 0. The van der Waals surface area contributed by atoms with Gasteiger partial charge in [0.05, 0.1) is 32.5 Å². The van der Waals surface area contributed by atoms with Crippen molar-refractivity contribution in [2.75, 3.05) is 26.6 Å². The molecule has 146 valence electrons. The lowest BCUT2D eigenvalue weighted by Crippen LogP contribution is -2.17. The molecule has 0 bridgehead atoms. The van der Waals surface area contributed by atoms with Crippen molar-refractivity contribution in [2.24, 2.45) is 0 Å². The Morgan fingerprint density at radius 1 is 0.964 bits per heavy atom. The lowest BCUT2D eigenvalue weighted by molar-refractivity contribution is -0.116. The van der Waals surface area contributed by atoms with E-state index in [2.05, 4.69) is 10.3 Å². The molecule has 1 heterocycles. The molecule has 3 rings (SSSR count). The second-order valence-corrected chi connectivity index (χ2v) is 6.19. The van der Waals surface area contributed by atoms with E-state index in [4.69, 9.17) is 14.2 Å². The normalized spacial score (nSPS) is 10.5. The SMILES string of the molecule is COc1ccc(NC(=O)CCc2cc3ccc(OC)cc3[nH]c2=O)c(OC)c1. The van der Waals surface area contributed by atoms with Gasteiger partial charge in [0.2, 0.25) is 5.91 Å². The molecule has 2 N–H and O–H groups in total. The number of rotatable bonds is 7. The summed E-state index contributed by atoms with van der Waals surface area (Å²) in [6.07, 6.45) is 0.488. The van der Waals surface area contributed by atoms with Crippen molar-refractivity contribution in [3.05, 3.63) is 58.4 Å². The molecule has 0 radical (unpaired) electrons. The number of nitrogens with one attached hydrogen (secondary N) is 2. The number of pyridine rings is 1. The highest BCUT2D eigenvalue weighted by Crippen LogP contribution is 2.29. The number of carbonyl (C=O) groups excluding carboxylic acids is 1. The van der Waals surface area contributed by atoms with Gasteiger partial charge in [-0.1, -0.05) is 0 Å². The van der Waals surface area contributed by atoms with Crippen molar-refractivity contribution >= 4 is 22.5 Å². The van der Waals surface area contributed by atoms with E-state index in [1.807, 2.05) is 12.1 Å². The summed E-state index contributed by atoms with van der Waals surface area (Å²) in [5, 5.41) is 3.69. The van der Waals surface area contributed by atoms with Crippen LogP contribution in [0.4, 0.5) is 5.69 Å². The molecule has 0 fully saturated rings. The zero-order chi connectivity index (χ0) is 20.1. The van der Waals surface area contributed by atoms with Gasteiger partial charge in [-0.25, -0.2) is 0 Å². The lowest BCUT2D eigenvalue weighted by Gasteiger charge is -2.11. The van der Waals surface area contributed by atoms with Gasteiger partial charge in [-0.05, 0) is 42.1 Å². The molecule has 0 atom stereocenters. The Labute approximate surface area is 162 Å². The van der Waals surface area contributed by atoms with Crippen LogP contribution in [-0.4, -0.2) is 32.2 Å². The monoisotopic (exact) mass is 382 g/mol. The minimum absolute atomic E-state index is 0.167. The molecular formula is C21H22N2O5. The smallest absolute Gasteiger partial charge is 0.251 e. The van der Waals surface area contributed by atoms with Gasteiger partial charge in [0.25, 0.3) is 5.56 Å². The van der Waals surface area contributed by atoms with Crippen molar-refractivity contribution in [3.8, 4) is 17.2 Å². The van der Waals surface area contributed by atoms with E-state index >= 15 is 0 Å². The molecule has 0 spiro atoms. The number of benzene rings is 2. The second kappa shape index (κ2) is 8.47. The predicted octanol–water partition coefficient (Wildman–Crippen LogP) is 3.13. The standard InChI is InChI=1S/C21H22N2O5/c1-26-15-6-4-13-10-14(21(25)23-18(13)11-15)5-9-20(24)22-17-8-7-16(27-2)12-19(17)28-3/h4,6-8,10-12H,5,9H2,1-3H3,(H,22,24)(H,23,25). The van der Waals surface area contributed by atoms with Gasteiger partial charge in [-0.3, -0.25) is 9.59 Å². The molecule has 3 aromatic rings. The van der Waals surface area contributed by atoms with E-state index < -0.39 is 0 Å². The van der Waals surface area contributed by atoms with E-state index in [0.717, 1.165) is 5.39 Å². The number of amides is 1. The van der Waals surface area contributed by atoms with Gasteiger partial charge >= 0.3 is 0 Å². The molecule has 0 saturated carbocycles. The van der Waals surface area contributed by atoms with Gasteiger partial charge in [0, 0.05) is 24.1 Å². The number of anilines is 1. The molecule has 1 aromatic heterocycles. The topological polar surface area (TPSA) is 89.7 Å². The van der Waals surface area contributed by atoms with E-state index in [-0.39, 0.29) is 17.9 Å². The van der Waals surface area contributed by atoms with Crippen molar-refractivity contribution in [2.45, 2.75) is 12.8 Å². The largest absolute Gasteiger partial charge is 0.497 e. The van der Waals surface area contributed by atoms with Gasteiger partial charge in [-0.15, -0.1) is 0 Å². The highest BCUT2D eigenvalue weighted by Gasteiger charge is 2.11. The number of aromatic amines is 1. The van der Waals surface area contributed by atoms with Crippen LogP contribution in [0.5, 0.6) is 17.2 Å². The van der Waals surface area contributed by atoms with Crippen LogP contribution in [0.1, 0.15) is 12.0 Å². The summed E-state index contributed by atoms with van der Waals surface area (Å²) < 4.78 is 15.6. The maximum Gasteiger partial charge on any atom is 0.251 e. The Kier molecular flexibility index (Phi) is 5.84. The first-order valence-electron chi connectivity index (χ1n) is 8.76. The minimum atomic E-state index is -0.212. The maximum absolute atomic E-state index is 12.3. The van der Waals surface area contributed by atoms with E-state index in [9.17, 15) is 9.59 Å². The highest BCUT2D eigenvalue weighted by atomic mass is 16.5. The molecule has 0 aliphatic rings. The summed E-state index contributed by atoms with van der Waals surface area (Å²) in [4.78, 5) is 27.5.